The van der Waals surface area contributed by atoms with E-state index >= 15 is 0 Å². The highest BCUT2D eigenvalue weighted by Gasteiger charge is 2.13. The minimum atomic E-state index is -0.404. The first-order valence-corrected chi connectivity index (χ1v) is 8.85. The first-order chi connectivity index (χ1) is 12.2. The van der Waals surface area contributed by atoms with Crippen LogP contribution in [0.25, 0.3) is 22.1 Å². The number of aromatic amines is 1. The van der Waals surface area contributed by atoms with Crippen molar-refractivity contribution in [3.05, 3.63) is 58.4 Å². The van der Waals surface area contributed by atoms with Crippen LogP contribution in [0.1, 0.15) is 12.7 Å². The molecule has 1 N–H and O–H groups in total. The smallest absolute Gasteiger partial charge is 0.271 e. The van der Waals surface area contributed by atoms with Gasteiger partial charge in [0.05, 0.1) is 32.7 Å². The van der Waals surface area contributed by atoms with Gasteiger partial charge in [0.15, 0.2) is 5.16 Å². The number of nitro groups is 1. The first-order valence-electron chi connectivity index (χ1n) is 7.87. The summed E-state index contributed by atoms with van der Waals surface area (Å²) in [4.78, 5) is 22.8. The number of imidazole rings is 2. The number of benzene rings is 2. The van der Waals surface area contributed by atoms with Crippen molar-refractivity contribution in [1.82, 2.24) is 19.5 Å². The molecule has 0 spiro atoms. The van der Waals surface area contributed by atoms with Gasteiger partial charge in [-0.05, 0) is 25.1 Å². The summed E-state index contributed by atoms with van der Waals surface area (Å²) in [6.45, 7) is 2.94. The maximum absolute atomic E-state index is 10.9. The van der Waals surface area contributed by atoms with Gasteiger partial charge in [0, 0.05) is 18.7 Å². The molecule has 4 rings (SSSR count). The zero-order valence-electron chi connectivity index (χ0n) is 13.5. The number of nitrogens with one attached hydrogen (secondary N) is 1. The molecule has 2 aromatic carbocycles. The third-order valence-electron chi connectivity index (χ3n) is 4.00. The second-order valence-electron chi connectivity index (χ2n) is 5.56. The fraction of sp³-hybridized carbons (Fsp3) is 0.176. The molecule has 0 radical (unpaired) electrons. The van der Waals surface area contributed by atoms with E-state index in [1.165, 1.54) is 12.1 Å². The maximum Gasteiger partial charge on any atom is 0.271 e. The lowest BCUT2D eigenvalue weighted by atomic mass is 10.3. The van der Waals surface area contributed by atoms with Gasteiger partial charge in [-0.15, -0.1) is 0 Å². The number of aromatic nitrogens is 4. The number of nitrogens with zero attached hydrogens (tertiary/aromatic N) is 4. The lowest BCUT2D eigenvalue weighted by Gasteiger charge is -2.04. The Balaban J connectivity index is 1.61. The van der Waals surface area contributed by atoms with Crippen LogP contribution in [0.5, 0.6) is 0 Å². The second-order valence-corrected chi connectivity index (χ2v) is 6.50. The molecule has 25 heavy (non-hydrogen) atoms. The van der Waals surface area contributed by atoms with Crippen molar-refractivity contribution in [3.63, 3.8) is 0 Å². The Labute approximate surface area is 147 Å². The molecule has 4 aromatic rings. The van der Waals surface area contributed by atoms with Crippen LogP contribution < -0.4 is 0 Å². The summed E-state index contributed by atoms with van der Waals surface area (Å²) in [7, 11) is 0. The quantitative estimate of drug-likeness (QED) is 0.331. The van der Waals surface area contributed by atoms with Gasteiger partial charge < -0.3 is 9.55 Å². The molecule has 7 nitrogen and oxygen atoms in total. The van der Waals surface area contributed by atoms with Crippen molar-refractivity contribution < 1.29 is 4.92 Å². The van der Waals surface area contributed by atoms with Crippen LogP contribution in [-0.2, 0) is 12.3 Å². The number of nitro benzene ring substituents is 1. The SMILES string of the molecule is CCn1c(SCc2nc3ccc([N+](=O)[O-])cc3[nH]2)nc2ccccc21. The van der Waals surface area contributed by atoms with Gasteiger partial charge >= 0.3 is 0 Å². The van der Waals surface area contributed by atoms with Crippen LogP contribution in [0.4, 0.5) is 5.69 Å². The van der Waals surface area contributed by atoms with Crippen molar-refractivity contribution in [3.8, 4) is 0 Å². The average molecular weight is 353 g/mol. The van der Waals surface area contributed by atoms with Crippen LogP contribution in [0.15, 0.2) is 47.6 Å². The molecule has 126 valence electrons. The largest absolute Gasteiger partial charge is 0.341 e. The molecule has 2 aromatic heterocycles. The van der Waals surface area contributed by atoms with Crippen molar-refractivity contribution in [2.24, 2.45) is 0 Å². The Morgan fingerprint density at radius 2 is 2.04 bits per heavy atom. The Hall–Kier alpha value is -2.87. The van der Waals surface area contributed by atoms with E-state index in [-0.39, 0.29) is 5.69 Å². The molecular weight excluding hydrogens is 338 g/mol. The third-order valence-corrected chi connectivity index (χ3v) is 4.99. The molecule has 0 aliphatic carbocycles. The van der Waals surface area contributed by atoms with Crippen molar-refractivity contribution in [2.75, 3.05) is 0 Å². The zero-order valence-corrected chi connectivity index (χ0v) is 14.3. The van der Waals surface area contributed by atoms with E-state index in [0.717, 1.165) is 34.1 Å². The first kappa shape index (κ1) is 15.6. The van der Waals surface area contributed by atoms with Crippen molar-refractivity contribution >= 4 is 39.5 Å². The highest BCUT2D eigenvalue weighted by atomic mass is 32.2. The van der Waals surface area contributed by atoms with Crippen molar-refractivity contribution in [1.29, 1.82) is 0 Å². The van der Waals surface area contributed by atoms with E-state index < -0.39 is 4.92 Å². The van der Waals surface area contributed by atoms with Crippen LogP contribution in [0, 0.1) is 10.1 Å². The standard InChI is InChI=1S/C17H15N5O2S/c1-2-21-15-6-4-3-5-13(15)20-17(21)25-10-16-18-12-8-7-11(22(23)24)9-14(12)19-16/h3-9H,2,10H2,1H3,(H,18,19). The Morgan fingerprint density at radius 3 is 2.84 bits per heavy atom. The monoisotopic (exact) mass is 353 g/mol. The number of fused-ring (bicyclic) bond motifs is 2. The van der Waals surface area contributed by atoms with Gasteiger partial charge in [0.2, 0.25) is 0 Å². The Kier molecular flexibility index (Phi) is 3.89. The molecule has 0 saturated carbocycles. The van der Waals surface area contributed by atoms with E-state index in [1.807, 2.05) is 18.2 Å². The minimum absolute atomic E-state index is 0.0585. The fourth-order valence-corrected chi connectivity index (χ4v) is 3.78. The van der Waals surface area contributed by atoms with E-state index in [1.54, 1.807) is 17.8 Å². The van der Waals surface area contributed by atoms with Gasteiger partial charge in [-0.25, -0.2) is 9.97 Å². The number of aryl methyl sites for hydroxylation is 1. The summed E-state index contributed by atoms with van der Waals surface area (Å²) in [6, 6.07) is 12.7. The molecule has 0 aliphatic heterocycles. The molecule has 0 aliphatic rings. The lowest BCUT2D eigenvalue weighted by molar-refractivity contribution is -0.384. The lowest BCUT2D eigenvalue weighted by Crippen LogP contribution is -1.96. The normalized spacial score (nSPS) is 11.4. The van der Waals surface area contributed by atoms with Gasteiger partial charge in [0.1, 0.15) is 5.82 Å². The van der Waals surface area contributed by atoms with E-state index in [4.69, 9.17) is 0 Å². The Bertz CT molecular complexity index is 1090. The topological polar surface area (TPSA) is 89.6 Å². The zero-order chi connectivity index (χ0) is 17.4. The highest BCUT2D eigenvalue weighted by molar-refractivity contribution is 7.98. The summed E-state index contributed by atoms with van der Waals surface area (Å²) < 4.78 is 2.17. The minimum Gasteiger partial charge on any atom is -0.341 e. The molecule has 0 unspecified atom stereocenters. The number of thioether (sulfide) groups is 1. The van der Waals surface area contributed by atoms with E-state index in [2.05, 4.69) is 32.5 Å². The number of non-ortho nitro benzene ring substituents is 1. The highest BCUT2D eigenvalue weighted by Crippen LogP contribution is 2.27. The molecule has 2 heterocycles. The van der Waals surface area contributed by atoms with Crippen LogP contribution >= 0.6 is 11.8 Å². The summed E-state index contributed by atoms with van der Waals surface area (Å²) >= 11 is 1.60. The van der Waals surface area contributed by atoms with Crippen LogP contribution in [-0.4, -0.2) is 24.4 Å². The summed E-state index contributed by atoms with van der Waals surface area (Å²) in [5.41, 5.74) is 3.56. The van der Waals surface area contributed by atoms with Crippen LogP contribution in [0.2, 0.25) is 0 Å². The molecule has 0 atom stereocenters. The van der Waals surface area contributed by atoms with E-state index in [9.17, 15) is 10.1 Å². The van der Waals surface area contributed by atoms with Gasteiger partial charge in [-0.3, -0.25) is 10.1 Å². The van der Waals surface area contributed by atoms with Gasteiger partial charge in [-0.2, -0.15) is 0 Å². The number of para-hydroxylation sites is 2. The predicted octanol–water partition coefficient (Wildman–Crippen LogP) is 4.13. The summed E-state index contributed by atoms with van der Waals surface area (Å²) in [6.07, 6.45) is 0. The number of hydrogen-bond donors (Lipinski definition) is 1. The molecule has 0 bridgehead atoms. The molecule has 0 saturated heterocycles. The maximum atomic E-state index is 10.9. The fourth-order valence-electron chi connectivity index (χ4n) is 2.83. The molecule has 8 heteroatoms. The number of hydrogen-bond acceptors (Lipinski definition) is 5. The van der Waals surface area contributed by atoms with Gasteiger partial charge in [0.25, 0.3) is 5.69 Å². The van der Waals surface area contributed by atoms with Gasteiger partial charge in [-0.1, -0.05) is 23.9 Å². The van der Waals surface area contributed by atoms with Crippen LogP contribution in [0.3, 0.4) is 0 Å². The van der Waals surface area contributed by atoms with E-state index in [0.29, 0.717) is 11.3 Å². The number of H-pyrrole nitrogens is 1. The molecule has 0 fully saturated rings. The molecular formula is C17H15N5O2S. The van der Waals surface area contributed by atoms with Crippen molar-refractivity contribution in [2.45, 2.75) is 24.4 Å². The Morgan fingerprint density at radius 1 is 1.20 bits per heavy atom. The number of rotatable bonds is 5. The second kappa shape index (κ2) is 6.21. The molecule has 0 amide bonds. The third kappa shape index (κ3) is 2.85. The summed E-state index contributed by atoms with van der Waals surface area (Å²) in [5.74, 6) is 1.39. The average Bonchev–Trinajstić information content (AvgIpc) is 3.19. The predicted molar refractivity (Wildman–Crippen MR) is 97.7 cm³/mol. The summed E-state index contributed by atoms with van der Waals surface area (Å²) in [5, 5.41) is 11.8.